The minimum atomic E-state index is -1.27. The highest BCUT2D eigenvalue weighted by molar-refractivity contribution is 8.00. The highest BCUT2D eigenvalue weighted by Crippen LogP contribution is 2.40. The maximum atomic E-state index is 13.3. The third-order valence-electron chi connectivity index (χ3n) is 6.70. The number of β-lactam (4-membered cyclic amide) rings is 1. The number of amides is 2. The van der Waals surface area contributed by atoms with Crippen LogP contribution in [0.1, 0.15) is 71.3 Å². The van der Waals surface area contributed by atoms with Crippen LogP contribution >= 0.6 is 11.8 Å². The Labute approximate surface area is 232 Å². The smallest absolute Gasteiger partial charge is 0.352 e. The second-order valence-corrected chi connectivity index (χ2v) is 10.6. The average molecular weight is 564 g/mol. The first-order valence-electron chi connectivity index (χ1n) is 13.4. The minimum Gasteiger partial charge on any atom is -0.477 e. The number of aliphatic carboxylic acids is 1. The molecular formula is C27H37N3O8S. The number of nitrogens with zero attached hydrogens (tertiary/aromatic N) is 2. The molecule has 12 heteroatoms. The van der Waals surface area contributed by atoms with Crippen molar-refractivity contribution in [2.45, 2.75) is 82.7 Å². The van der Waals surface area contributed by atoms with E-state index in [1.165, 1.54) is 23.6 Å². The fourth-order valence-corrected chi connectivity index (χ4v) is 6.08. The normalized spacial score (nSPS) is 19.1. The van der Waals surface area contributed by atoms with Crippen molar-refractivity contribution in [1.29, 1.82) is 0 Å². The summed E-state index contributed by atoms with van der Waals surface area (Å²) in [5.74, 6) is -2.47. The van der Waals surface area contributed by atoms with Gasteiger partial charge in [0.25, 0.3) is 5.91 Å². The first kappa shape index (κ1) is 30.3. The Balaban J connectivity index is 1.51. The van der Waals surface area contributed by atoms with Crippen LogP contribution in [0.4, 0.5) is 0 Å². The van der Waals surface area contributed by atoms with Crippen LogP contribution in [0.3, 0.4) is 0 Å². The third kappa shape index (κ3) is 8.11. The molecule has 1 fully saturated rings. The summed E-state index contributed by atoms with van der Waals surface area (Å²) in [6.07, 6.45) is 10.2. The summed E-state index contributed by atoms with van der Waals surface area (Å²) < 4.78 is 11.7. The molecule has 3 heterocycles. The molecule has 2 aliphatic rings. The van der Waals surface area contributed by atoms with Crippen molar-refractivity contribution in [3.8, 4) is 0 Å². The van der Waals surface area contributed by atoms with Crippen molar-refractivity contribution in [3.63, 3.8) is 0 Å². The number of nitrogens with one attached hydrogen (secondary N) is 1. The molecular weight excluding hydrogens is 526 g/mol. The summed E-state index contributed by atoms with van der Waals surface area (Å²) >= 11 is 1.33. The van der Waals surface area contributed by atoms with Gasteiger partial charge in [0.2, 0.25) is 5.91 Å². The van der Waals surface area contributed by atoms with Gasteiger partial charge in [0.15, 0.2) is 0 Å². The molecule has 0 saturated carbocycles. The van der Waals surface area contributed by atoms with E-state index in [9.17, 15) is 29.1 Å². The van der Waals surface area contributed by atoms with Crippen molar-refractivity contribution in [3.05, 3.63) is 35.8 Å². The summed E-state index contributed by atoms with van der Waals surface area (Å²) in [6, 6.07) is 2.36. The minimum absolute atomic E-state index is 0.157. The highest BCUT2D eigenvalue weighted by Gasteiger charge is 2.54. The Morgan fingerprint density at radius 2 is 1.74 bits per heavy atom. The number of thioether (sulfide) groups is 1. The predicted molar refractivity (Wildman–Crippen MR) is 143 cm³/mol. The number of esters is 2. The van der Waals surface area contributed by atoms with Crippen LogP contribution in [-0.2, 0) is 33.4 Å². The zero-order chi connectivity index (χ0) is 28.4. The number of carboxylic acids is 1. The van der Waals surface area contributed by atoms with Crippen LogP contribution in [0, 0.1) is 0 Å². The molecule has 0 radical (unpaired) electrons. The molecule has 2 amide bonds. The maximum Gasteiger partial charge on any atom is 0.352 e. The van der Waals surface area contributed by atoms with Gasteiger partial charge in [-0.25, -0.2) is 4.79 Å². The quantitative estimate of drug-likeness (QED) is 0.176. The zero-order valence-corrected chi connectivity index (χ0v) is 23.2. The molecule has 11 nitrogen and oxygen atoms in total. The summed E-state index contributed by atoms with van der Waals surface area (Å²) in [5.41, 5.74) is 0.169. The lowest BCUT2D eigenvalue weighted by Crippen LogP contribution is -2.71. The van der Waals surface area contributed by atoms with Gasteiger partial charge in [0.1, 0.15) is 29.8 Å². The zero-order valence-electron chi connectivity index (χ0n) is 22.4. The number of rotatable bonds is 16. The van der Waals surface area contributed by atoms with Crippen LogP contribution in [-0.4, -0.2) is 74.7 Å². The number of carbonyl (C=O) groups is 5. The van der Waals surface area contributed by atoms with Gasteiger partial charge < -0.3 is 24.5 Å². The van der Waals surface area contributed by atoms with Crippen molar-refractivity contribution >= 4 is 41.5 Å². The lowest BCUT2D eigenvalue weighted by Gasteiger charge is -2.49. The first-order chi connectivity index (χ1) is 18.7. The van der Waals surface area contributed by atoms with Crippen molar-refractivity contribution in [2.24, 2.45) is 0 Å². The van der Waals surface area contributed by atoms with Crippen LogP contribution in [0.25, 0.3) is 0 Å². The van der Waals surface area contributed by atoms with Gasteiger partial charge in [-0.3, -0.25) is 24.1 Å². The lowest BCUT2D eigenvalue weighted by molar-refractivity contribution is -0.151. The topological polar surface area (TPSA) is 144 Å². The molecule has 1 aromatic rings. The van der Waals surface area contributed by atoms with Crippen molar-refractivity contribution in [2.75, 3.05) is 19.0 Å². The SMILES string of the molecule is CCOC(=O)CCCCCCCCC(C(=O)NC1C(=O)N2C(C(=O)O)=C(COC(C)=O)CSC12)n1cccc1. The number of unbranched alkanes of at least 4 members (excludes halogenated alkanes) is 5. The number of carboxylic acid groups (broad SMARTS) is 1. The maximum absolute atomic E-state index is 13.3. The number of aromatic nitrogens is 1. The Bertz CT molecular complexity index is 1070. The van der Waals surface area contributed by atoms with Crippen molar-refractivity contribution in [1.82, 2.24) is 14.8 Å². The number of hydrogen-bond donors (Lipinski definition) is 2. The van der Waals surface area contributed by atoms with E-state index in [0.29, 0.717) is 25.0 Å². The Morgan fingerprint density at radius 1 is 1.08 bits per heavy atom. The summed E-state index contributed by atoms with van der Waals surface area (Å²) in [7, 11) is 0. The molecule has 0 aliphatic carbocycles. The molecule has 3 unspecified atom stereocenters. The van der Waals surface area contributed by atoms with E-state index in [1.807, 2.05) is 29.1 Å². The second kappa shape index (κ2) is 14.8. The second-order valence-electron chi connectivity index (χ2n) is 9.54. The fourth-order valence-electron chi connectivity index (χ4n) is 4.75. The average Bonchev–Trinajstić information content (AvgIpc) is 3.43. The highest BCUT2D eigenvalue weighted by atomic mass is 32.2. The molecule has 0 bridgehead atoms. The van der Waals surface area contributed by atoms with Crippen LogP contribution < -0.4 is 5.32 Å². The van der Waals surface area contributed by atoms with Gasteiger partial charge in [-0.05, 0) is 31.9 Å². The molecule has 2 aliphatic heterocycles. The van der Waals surface area contributed by atoms with Gasteiger partial charge in [-0.2, -0.15) is 0 Å². The fraction of sp³-hybridized carbons (Fsp3) is 0.593. The van der Waals surface area contributed by atoms with E-state index in [2.05, 4.69) is 5.32 Å². The van der Waals surface area contributed by atoms with Gasteiger partial charge in [0, 0.05) is 37.1 Å². The van der Waals surface area contributed by atoms with Gasteiger partial charge in [-0.1, -0.05) is 32.1 Å². The Kier molecular flexibility index (Phi) is 11.5. The molecule has 0 aromatic carbocycles. The number of fused-ring (bicyclic) bond motifs is 1. The van der Waals surface area contributed by atoms with E-state index < -0.39 is 35.3 Å². The van der Waals surface area contributed by atoms with E-state index in [4.69, 9.17) is 9.47 Å². The largest absolute Gasteiger partial charge is 0.477 e. The molecule has 214 valence electrons. The molecule has 3 rings (SSSR count). The number of carbonyl (C=O) groups excluding carboxylic acids is 4. The van der Waals surface area contributed by atoms with Crippen LogP contribution in [0.2, 0.25) is 0 Å². The molecule has 0 spiro atoms. The Hall–Kier alpha value is -3.28. The third-order valence-corrected chi connectivity index (χ3v) is 8.04. The summed E-state index contributed by atoms with van der Waals surface area (Å²) in [6.45, 7) is 3.24. The van der Waals surface area contributed by atoms with Gasteiger partial charge >= 0.3 is 17.9 Å². The molecule has 3 atom stereocenters. The van der Waals surface area contributed by atoms with Crippen LogP contribution in [0.15, 0.2) is 35.8 Å². The number of hydrogen-bond acceptors (Lipinski definition) is 8. The molecule has 1 saturated heterocycles. The van der Waals surface area contributed by atoms with Crippen LogP contribution in [0.5, 0.6) is 0 Å². The standard InChI is InChI=1S/C27H37N3O8S/c1-3-37-21(32)13-9-7-5-4-6-8-12-20(29-14-10-11-15-29)24(33)28-22-25(34)30-23(27(35)36)19(16-38-18(2)31)17-39-26(22)30/h10-11,14-15,20,22,26H,3-9,12-13,16-17H2,1-2H3,(H,28,33)(H,35,36). The lowest BCUT2D eigenvalue weighted by atomic mass is 10.0. The van der Waals surface area contributed by atoms with E-state index in [-0.39, 0.29) is 29.9 Å². The van der Waals surface area contributed by atoms with Gasteiger partial charge in [0.05, 0.1) is 6.61 Å². The summed E-state index contributed by atoms with van der Waals surface area (Å²) in [5, 5.41) is 12.0. The monoisotopic (exact) mass is 563 g/mol. The van der Waals surface area contributed by atoms with E-state index in [1.54, 1.807) is 6.92 Å². The number of ether oxygens (including phenoxy) is 2. The molecule has 2 N–H and O–H groups in total. The van der Waals surface area contributed by atoms with E-state index >= 15 is 0 Å². The molecule has 39 heavy (non-hydrogen) atoms. The summed E-state index contributed by atoms with van der Waals surface area (Å²) in [4.78, 5) is 61.9. The van der Waals surface area contributed by atoms with Crippen molar-refractivity contribution < 1.29 is 38.6 Å². The predicted octanol–water partition coefficient (Wildman–Crippen LogP) is 3.01. The van der Waals surface area contributed by atoms with Gasteiger partial charge in [-0.15, -0.1) is 11.8 Å². The Morgan fingerprint density at radius 3 is 2.38 bits per heavy atom. The first-order valence-corrected chi connectivity index (χ1v) is 14.4. The van der Waals surface area contributed by atoms with E-state index in [0.717, 1.165) is 38.5 Å². The molecule has 1 aromatic heterocycles.